The van der Waals surface area contributed by atoms with Gasteiger partial charge in [0, 0.05) is 0 Å². The van der Waals surface area contributed by atoms with E-state index in [2.05, 4.69) is 93.6 Å². The molecule has 1 radical (unpaired) electrons. The molecule has 1 heteroatoms. The third kappa shape index (κ3) is 7.44. The zero-order chi connectivity index (χ0) is 24.0. The number of aryl methyl sites for hydroxylation is 3. The first-order valence-corrected chi connectivity index (χ1v) is 15.4. The van der Waals surface area contributed by atoms with Crippen molar-refractivity contribution in [3.05, 3.63) is 89.5 Å². The van der Waals surface area contributed by atoms with Gasteiger partial charge in [-0.25, -0.2) is 0 Å². The molecule has 0 saturated heterocycles. The molecule has 3 aromatic carbocycles. The van der Waals surface area contributed by atoms with E-state index in [1.54, 1.807) is 32.3 Å². The average molecular weight is 470 g/mol. The zero-order valence-corrected chi connectivity index (χ0v) is 22.9. The van der Waals surface area contributed by atoms with E-state index in [1.807, 2.05) is 0 Å². The van der Waals surface area contributed by atoms with Crippen LogP contribution in [-0.2, 0) is 19.3 Å². The van der Waals surface area contributed by atoms with Crippen molar-refractivity contribution in [2.45, 2.75) is 97.8 Å². The topological polar surface area (TPSA) is 0 Å². The van der Waals surface area contributed by atoms with Gasteiger partial charge < -0.3 is 0 Å². The van der Waals surface area contributed by atoms with Gasteiger partial charge in [-0.15, -0.1) is 0 Å². The van der Waals surface area contributed by atoms with Crippen LogP contribution in [0.15, 0.2) is 72.8 Å². The summed E-state index contributed by atoms with van der Waals surface area (Å²) in [6.45, 7) is 6.92. The van der Waals surface area contributed by atoms with Crippen molar-refractivity contribution < 1.29 is 0 Å². The highest BCUT2D eigenvalue weighted by Crippen LogP contribution is 2.13. The Labute approximate surface area is 211 Å². The van der Waals surface area contributed by atoms with E-state index >= 15 is 0 Å². The molecule has 0 aliphatic rings. The summed E-state index contributed by atoms with van der Waals surface area (Å²) in [5.74, 6) is 0. The predicted octanol–water partition coefficient (Wildman–Crippen LogP) is 7.40. The van der Waals surface area contributed by atoms with Crippen LogP contribution < -0.4 is 15.6 Å². The predicted molar refractivity (Wildman–Crippen MR) is 154 cm³/mol. The van der Waals surface area contributed by atoms with E-state index in [-0.39, 0.29) is 0 Å². The standard InChI is InChI=1S/C33H45Si/c1-4-7-10-19-28-22-13-16-25-31(28)34(32-26-17-14-23-29(32)20-11-8-5-2)33-27-18-15-24-30(33)21-12-9-6-3/h13-18,22-27H,4-12,19-21H2,1-3H3. The molecule has 3 rings (SSSR count). The summed E-state index contributed by atoms with van der Waals surface area (Å²) in [4.78, 5) is 0. The van der Waals surface area contributed by atoms with Crippen LogP contribution >= 0.6 is 0 Å². The van der Waals surface area contributed by atoms with E-state index < -0.39 is 8.80 Å². The fourth-order valence-electron chi connectivity index (χ4n) is 5.08. The van der Waals surface area contributed by atoms with Crippen molar-refractivity contribution >= 4 is 24.4 Å². The van der Waals surface area contributed by atoms with Crippen LogP contribution in [0.4, 0.5) is 0 Å². The summed E-state index contributed by atoms with van der Waals surface area (Å²) in [6, 6.07) is 28.2. The second-order valence-corrected chi connectivity index (χ2v) is 12.1. The van der Waals surface area contributed by atoms with Gasteiger partial charge in [0.2, 0.25) is 0 Å². The minimum Gasteiger partial charge on any atom is -0.0654 e. The molecule has 0 unspecified atom stereocenters. The molecule has 3 aromatic rings. The van der Waals surface area contributed by atoms with Gasteiger partial charge in [-0.2, -0.15) is 0 Å². The van der Waals surface area contributed by atoms with Crippen molar-refractivity contribution in [3.8, 4) is 0 Å². The lowest BCUT2D eigenvalue weighted by Crippen LogP contribution is -2.55. The highest BCUT2D eigenvalue weighted by Gasteiger charge is 2.26. The third-order valence-electron chi connectivity index (χ3n) is 7.01. The maximum Gasteiger partial charge on any atom is 0.155 e. The number of hydrogen-bond acceptors (Lipinski definition) is 0. The Bertz CT molecular complexity index is 846. The van der Waals surface area contributed by atoms with Crippen LogP contribution in [0.3, 0.4) is 0 Å². The monoisotopic (exact) mass is 469 g/mol. The molecule has 0 nitrogen and oxygen atoms in total. The van der Waals surface area contributed by atoms with E-state index in [0.29, 0.717) is 0 Å². The van der Waals surface area contributed by atoms with Crippen molar-refractivity contribution in [1.29, 1.82) is 0 Å². The van der Waals surface area contributed by atoms with Gasteiger partial charge in [0.25, 0.3) is 0 Å². The number of rotatable bonds is 15. The van der Waals surface area contributed by atoms with Crippen molar-refractivity contribution in [2.75, 3.05) is 0 Å². The molecule has 0 spiro atoms. The molecule has 181 valence electrons. The van der Waals surface area contributed by atoms with Gasteiger partial charge in [-0.1, -0.05) is 132 Å². The smallest absolute Gasteiger partial charge is 0.0654 e. The molecule has 34 heavy (non-hydrogen) atoms. The van der Waals surface area contributed by atoms with Gasteiger partial charge in [-0.3, -0.25) is 0 Å². The quantitative estimate of drug-likeness (QED) is 0.124. The molecule has 0 heterocycles. The van der Waals surface area contributed by atoms with Crippen molar-refractivity contribution in [2.24, 2.45) is 0 Å². The lowest BCUT2D eigenvalue weighted by Gasteiger charge is -2.25. The molecule has 0 saturated carbocycles. The highest BCUT2D eigenvalue weighted by molar-refractivity contribution is 6.96. The second-order valence-electron chi connectivity index (χ2n) is 9.72. The largest absolute Gasteiger partial charge is 0.155 e. The normalized spacial score (nSPS) is 11.3. The third-order valence-corrected chi connectivity index (χ3v) is 10.1. The summed E-state index contributed by atoms with van der Waals surface area (Å²) in [7, 11) is -1.08. The summed E-state index contributed by atoms with van der Waals surface area (Å²) < 4.78 is 0. The molecule has 0 N–H and O–H groups in total. The van der Waals surface area contributed by atoms with Gasteiger partial charge in [-0.05, 0) is 70.8 Å². The lowest BCUT2D eigenvalue weighted by molar-refractivity contribution is 0.718. The van der Waals surface area contributed by atoms with E-state index in [9.17, 15) is 0 Å². The molecular weight excluding hydrogens is 424 g/mol. The summed E-state index contributed by atoms with van der Waals surface area (Å²) in [5.41, 5.74) is 4.74. The van der Waals surface area contributed by atoms with Crippen LogP contribution in [0.5, 0.6) is 0 Å². The Morgan fingerprint density at radius 3 is 1.00 bits per heavy atom. The first-order valence-electron chi connectivity index (χ1n) is 13.9. The molecule has 0 aromatic heterocycles. The van der Waals surface area contributed by atoms with Crippen LogP contribution in [0.25, 0.3) is 0 Å². The molecule has 0 aliphatic heterocycles. The van der Waals surface area contributed by atoms with E-state index in [1.165, 1.54) is 77.0 Å². The second kappa shape index (κ2) is 15.0. The maximum absolute atomic E-state index is 2.46. The van der Waals surface area contributed by atoms with Gasteiger partial charge in [0.1, 0.15) is 0 Å². The van der Waals surface area contributed by atoms with Crippen molar-refractivity contribution in [1.82, 2.24) is 0 Å². The summed E-state index contributed by atoms with van der Waals surface area (Å²) >= 11 is 0. The average Bonchev–Trinajstić information content (AvgIpc) is 2.87. The maximum atomic E-state index is 2.46. The summed E-state index contributed by atoms with van der Waals surface area (Å²) in [5, 5.41) is 4.86. The Balaban J connectivity index is 2.11. The first-order chi connectivity index (χ1) is 16.8. The highest BCUT2D eigenvalue weighted by atomic mass is 28.3. The number of unbranched alkanes of at least 4 members (excludes halogenated alkanes) is 6. The number of hydrogen-bond donors (Lipinski definition) is 0. The lowest BCUT2D eigenvalue weighted by atomic mass is 10.1. The number of benzene rings is 3. The minimum absolute atomic E-state index is 1.08. The van der Waals surface area contributed by atoms with E-state index in [0.717, 1.165) is 0 Å². The van der Waals surface area contributed by atoms with Crippen molar-refractivity contribution in [3.63, 3.8) is 0 Å². The zero-order valence-electron chi connectivity index (χ0n) is 21.9. The molecule has 0 bridgehead atoms. The molecule has 0 atom stereocenters. The van der Waals surface area contributed by atoms with Crippen LogP contribution in [0, 0.1) is 0 Å². The minimum atomic E-state index is -1.08. The first kappa shape index (κ1) is 26.5. The fourth-order valence-corrected chi connectivity index (χ4v) is 8.33. The Morgan fingerprint density at radius 1 is 0.412 bits per heavy atom. The Kier molecular flexibility index (Phi) is 11.7. The SMILES string of the molecule is CCCCCc1ccccc1[Si](c1ccccc1CCCCC)c1ccccc1CCCCC. The molecule has 0 aliphatic carbocycles. The fraction of sp³-hybridized carbons (Fsp3) is 0.455. The van der Waals surface area contributed by atoms with Gasteiger partial charge in [0.05, 0.1) is 0 Å². The molecule has 0 amide bonds. The van der Waals surface area contributed by atoms with Gasteiger partial charge in [0.15, 0.2) is 8.80 Å². The van der Waals surface area contributed by atoms with Crippen LogP contribution in [0.1, 0.15) is 95.2 Å². The molecule has 0 fully saturated rings. The Morgan fingerprint density at radius 2 is 0.706 bits per heavy atom. The van der Waals surface area contributed by atoms with Crippen LogP contribution in [-0.4, -0.2) is 8.80 Å². The summed E-state index contributed by atoms with van der Waals surface area (Å²) in [6.07, 6.45) is 15.3. The molecular formula is C33H45Si. The van der Waals surface area contributed by atoms with Gasteiger partial charge >= 0.3 is 0 Å². The Hall–Kier alpha value is -2.12. The van der Waals surface area contributed by atoms with Crippen LogP contribution in [0.2, 0.25) is 0 Å². The van der Waals surface area contributed by atoms with E-state index in [4.69, 9.17) is 0 Å².